The number of hydrogen-bond acceptors (Lipinski definition) is 3. The molecular formula is C16H31N3O2S. The van der Waals surface area contributed by atoms with Gasteiger partial charge in [-0.3, -0.25) is 15.6 Å². The molecule has 1 rings (SSSR count). The van der Waals surface area contributed by atoms with Crippen LogP contribution in [0.4, 0.5) is 0 Å². The monoisotopic (exact) mass is 329 g/mol. The second kappa shape index (κ2) is 11.7. The average Bonchev–Trinajstić information content (AvgIpc) is 2.52. The fourth-order valence-electron chi connectivity index (χ4n) is 2.73. The molecule has 0 bridgehead atoms. The molecule has 6 heteroatoms. The van der Waals surface area contributed by atoms with Crippen LogP contribution in [0.2, 0.25) is 0 Å². The van der Waals surface area contributed by atoms with E-state index in [1.807, 2.05) is 0 Å². The fourth-order valence-corrected chi connectivity index (χ4v) is 2.95. The maximum atomic E-state index is 11.7. The molecule has 0 saturated heterocycles. The molecule has 0 aromatic carbocycles. The van der Waals surface area contributed by atoms with Gasteiger partial charge in [0.2, 0.25) is 5.91 Å². The molecule has 0 spiro atoms. The molecular weight excluding hydrogens is 298 g/mol. The predicted molar refractivity (Wildman–Crippen MR) is 93.3 cm³/mol. The van der Waals surface area contributed by atoms with Gasteiger partial charge < -0.3 is 10.4 Å². The summed E-state index contributed by atoms with van der Waals surface area (Å²) in [6.45, 7) is 2.13. The largest absolute Gasteiger partial charge is 0.393 e. The highest BCUT2D eigenvalue weighted by Crippen LogP contribution is 2.17. The van der Waals surface area contributed by atoms with Crippen LogP contribution in [-0.2, 0) is 4.79 Å². The van der Waals surface area contributed by atoms with Gasteiger partial charge in [0, 0.05) is 12.5 Å². The van der Waals surface area contributed by atoms with Gasteiger partial charge in [-0.05, 0) is 37.9 Å². The van der Waals surface area contributed by atoms with E-state index in [-0.39, 0.29) is 12.0 Å². The zero-order chi connectivity index (χ0) is 16.2. The van der Waals surface area contributed by atoms with Crippen molar-refractivity contribution in [3.63, 3.8) is 0 Å². The highest BCUT2D eigenvalue weighted by atomic mass is 32.1. The van der Waals surface area contributed by atoms with Crippen LogP contribution in [0.3, 0.4) is 0 Å². The van der Waals surface area contributed by atoms with Gasteiger partial charge in [-0.2, -0.15) is 0 Å². The summed E-state index contributed by atoms with van der Waals surface area (Å²) in [6, 6.07) is 0.422. The number of aliphatic hydroxyl groups is 1. The first-order chi connectivity index (χ1) is 10.6. The van der Waals surface area contributed by atoms with Crippen molar-refractivity contribution in [1.29, 1.82) is 0 Å². The Morgan fingerprint density at radius 3 is 2.59 bits per heavy atom. The first-order valence-electron chi connectivity index (χ1n) is 8.65. The number of hydrogen-bond donors (Lipinski definition) is 4. The van der Waals surface area contributed by atoms with Gasteiger partial charge >= 0.3 is 0 Å². The van der Waals surface area contributed by atoms with Gasteiger partial charge in [-0.25, -0.2) is 0 Å². The molecule has 4 N–H and O–H groups in total. The smallest absolute Gasteiger partial charge is 0.238 e. The van der Waals surface area contributed by atoms with Gasteiger partial charge in [0.1, 0.15) is 0 Å². The van der Waals surface area contributed by atoms with E-state index in [0.717, 1.165) is 38.5 Å². The molecule has 1 fully saturated rings. The zero-order valence-electron chi connectivity index (χ0n) is 13.7. The summed E-state index contributed by atoms with van der Waals surface area (Å²) in [6.07, 6.45) is 10.6. The van der Waals surface area contributed by atoms with Crippen molar-refractivity contribution in [2.75, 3.05) is 0 Å². The van der Waals surface area contributed by atoms with Crippen LogP contribution < -0.4 is 16.2 Å². The van der Waals surface area contributed by atoms with Gasteiger partial charge in [0.25, 0.3) is 0 Å². The molecule has 0 aromatic rings. The predicted octanol–water partition coefficient (Wildman–Crippen LogP) is 2.54. The van der Waals surface area contributed by atoms with Crippen LogP contribution in [0, 0.1) is 0 Å². The molecule has 5 nitrogen and oxygen atoms in total. The normalized spacial score (nSPS) is 16.8. The highest BCUT2D eigenvalue weighted by molar-refractivity contribution is 7.80. The maximum absolute atomic E-state index is 11.7. The molecule has 1 atom stereocenters. The SMILES string of the molecule is CCCCCC(O)CCC(=O)NNC(=S)NC1CCCCC1. The second-order valence-corrected chi connectivity index (χ2v) is 6.58. The van der Waals surface area contributed by atoms with Crippen molar-refractivity contribution in [2.24, 2.45) is 0 Å². The van der Waals surface area contributed by atoms with Gasteiger partial charge in [0.15, 0.2) is 5.11 Å². The minimum atomic E-state index is -0.385. The summed E-state index contributed by atoms with van der Waals surface area (Å²) in [5.74, 6) is -0.137. The molecule has 1 amide bonds. The number of amides is 1. The van der Waals surface area contributed by atoms with Crippen LogP contribution in [-0.4, -0.2) is 28.3 Å². The molecule has 0 aromatic heterocycles. The first kappa shape index (κ1) is 19.2. The Balaban J connectivity index is 2.05. The lowest BCUT2D eigenvalue weighted by Gasteiger charge is -2.24. The highest BCUT2D eigenvalue weighted by Gasteiger charge is 2.14. The van der Waals surface area contributed by atoms with Crippen molar-refractivity contribution in [1.82, 2.24) is 16.2 Å². The number of rotatable bonds is 8. The number of unbranched alkanes of at least 4 members (excludes halogenated alkanes) is 2. The van der Waals surface area contributed by atoms with E-state index in [2.05, 4.69) is 23.1 Å². The van der Waals surface area contributed by atoms with Crippen LogP contribution in [0.1, 0.15) is 77.6 Å². The van der Waals surface area contributed by atoms with Crippen molar-refractivity contribution in [2.45, 2.75) is 89.7 Å². The van der Waals surface area contributed by atoms with Gasteiger partial charge in [-0.1, -0.05) is 45.4 Å². The lowest BCUT2D eigenvalue weighted by molar-refractivity contribution is -0.122. The summed E-state index contributed by atoms with van der Waals surface area (Å²) in [7, 11) is 0. The number of carbonyl (C=O) groups is 1. The Labute approximate surface area is 139 Å². The first-order valence-corrected chi connectivity index (χ1v) is 9.06. The number of hydrazine groups is 1. The summed E-state index contributed by atoms with van der Waals surface area (Å²) in [5, 5.41) is 13.5. The van der Waals surface area contributed by atoms with Crippen molar-refractivity contribution in [3.8, 4) is 0 Å². The fraction of sp³-hybridized carbons (Fsp3) is 0.875. The van der Waals surface area contributed by atoms with E-state index in [4.69, 9.17) is 12.2 Å². The summed E-state index contributed by atoms with van der Waals surface area (Å²) >= 11 is 5.17. The zero-order valence-corrected chi connectivity index (χ0v) is 14.5. The Hall–Kier alpha value is -0.880. The Bertz CT molecular complexity index is 333. The second-order valence-electron chi connectivity index (χ2n) is 6.17. The molecule has 1 aliphatic rings. The quantitative estimate of drug-likeness (QED) is 0.313. The third-order valence-corrected chi connectivity index (χ3v) is 4.32. The lowest BCUT2D eigenvalue weighted by atomic mass is 9.96. The molecule has 1 saturated carbocycles. The summed E-state index contributed by atoms with van der Waals surface area (Å²) in [5.41, 5.74) is 5.34. The van der Waals surface area contributed by atoms with E-state index in [1.54, 1.807) is 0 Å². The van der Waals surface area contributed by atoms with Gasteiger partial charge in [-0.15, -0.1) is 0 Å². The van der Waals surface area contributed by atoms with Crippen LogP contribution in [0.5, 0.6) is 0 Å². The van der Waals surface area contributed by atoms with Gasteiger partial charge in [0.05, 0.1) is 6.10 Å². The number of thiocarbonyl (C=S) groups is 1. The van der Waals surface area contributed by atoms with E-state index in [0.29, 0.717) is 24.0 Å². The molecule has 1 unspecified atom stereocenters. The molecule has 22 heavy (non-hydrogen) atoms. The van der Waals surface area contributed by atoms with Crippen molar-refractivity contribution in [3.05, 3.63) is 0 Å². The third kappa shape index (κ3) is 9.20. The maximum Gasteiger partial charge on any atom is 0.238 e. The summed E-state index contributed by atoms with van der Waals surface area (Å²) < 4.78 is 0. The molecule has 0 aliphatic heterocycles. The van der Waals surface area contributed by atoms with E-state index >= 15 is 0 Å². The minimum Gasteiger partial charge on any atom is -0.393 e. The summed E-state index contributed by atoms with van der Waals surface area (Å²) in [4.78, 5) is 11.7. The number of nitrogens with one attached hydrogen (secondary N) is 3. The van der Waals surface area contributed by atoms with E-state index < -0.39 is 0 Å². The molecule has 128 valence electrons. The van der Waals surface area contributed by atoms with E-state index in [1.165, 1.54) is 19.3 Å². The Morgan fingerprint density at radius 1 is 1.18 bits per heavy atom. The standard InChI is InChI=1S/C16H31N3O2S/c1-2-3-5-10-14(20)11-12-15(21)18-19-16(22)17-13-8-6-4-7-9-13/h13-14,20H,2-12H2,1H3,(H,18,21)(H2,17,19,22). The van der Waals surface area contributed by atoms with E-state index in [9.17, 15) is 9.90 Å². The number of carbonyl (C=O) groups excluding carboxylic acids is 1. The van der Waals surface area contributed by atoms with Crippen LogP contribution in [0.25, 0.3) is 0 Å². The average molecular weight is 330 g/mol. The Kier molecular flexibility index (Phi) is 10.2. The van der Waals surface area contributed by atoms with Crippen molar-refractivity contribution >= 4 is 23.2 Å². The number of aliphatic hydroxyl groups excluding tert-OH is 1. The van der Waals surface area contributed by atoms with Crippen LogP contribution in [0.15, 0.2) is 0 Å². The lowest BCUT2D eigenvalue weighted by Crippen LogP contribution is -2.50. The van der Waals surface area contributed by atoms with Crippen molar-refractivity contribution < 1.29 is 9.90 Å². The third-order valence-electron chi connectivity index (χ3n) is 4.10. The molecule has 1 aliphatic carbocycles. The topological polar surface area (TPSA) is 73.4 Å². The van der Waals surface area contributed by atoms with Crippen LogP contribution >= 0.6 is 12.2 Å². The molecule has 0 radical (unpaired) electrons. The Morgan fingerprint density at radius 2 is 1.91 bits per heavy atom. The molecule has 0 heterocycles. The minimum absolute atomic E-state index is 0.137.